The number of alkyl halides is 6. The highest BCUT2D eigenvalue weighted by Crippen LogP contribution is 2.40. The van der Waals surface area contributed by atoms with Gasteiger partial charge < -0.3 is 14.7 Å². The van der Waals surface area contributed by atoms with Crippen LogP contribution in [0.3, 0.4) is 0 Å². The minimum atomic E-state index is -4.80. The number of benzene rings is 1. The van der Waals surface area contributed by atoms with Crippen LogP contribution in [0.2, 0.25) is 0 Å². The first-order valence-corrected chi connectivity index (χ1v) is 14.5. The molecule has 16 heteroatoms. The molecule has 0 unspecified atom stereocenters. The van der Waals surface area contributed by atoms with Crippen molar-refractivity contribution in [3.8, 4) is 6.07 Å². The zero-order valence-corrected chi connectivity index (χ0v) is 24.9. The lowest BCUT2D eigenvalue weighted by Gasteiger charge is -2.42. The van der Waals surface area contributed by atoms with E-state index in [1.807, 2.05) is 0 Å². The molecule has 2 saturated heterocycles. The van der Waals surface area contributed by atoms with Crippen molar-refractivity contribution in [3.63, 3.8) is 0 Å². The van der Waals surface area contributed by atoms with Gasteiger partial charge in [-0.15, -0.1) is 0 Å². The van der Waals surface area contributed by atoms with Crippen molar-refractivity contribution in [1.82, 2.24) is 14.7 Å². The molecule has 0 bridgehead atoms. The van der Waals surface area contributed by atoms with Crippen molar-refractivity contribution in [1.29, 1.82) is 5.26 Å². The number of thiocarbonyl (C=S) groups is 1. The fraction of sp³-hybridized carbons (Fsp3) is 0.643. The van der Waals surface area contributed by atoms with E-state index in [9.17, 15) is 35.9 Å². The van der Waals surface area contributed by atoms with E-state index in [-0.39, 0.29) is 55.7 Å². The highest BCUT2D eigenvalue weighted by Gasteiger charge is 2.53. The Kier molecular flexibility index (Phi) is 9.84. The van der Waals surface area contributed by atoms with E-state index in [0.29, 0.717) is 25.7 Å². The topological polar surface area (TPSA) is 100 Å². The third-order valence-corrected chi connectivity index (χ3v) is 8.85. The third-order valence-electron chi connectivity index (χ3n) is 8.47. The summed E-state index contributed by atoms with van der Waals surface area (Å²) >= 11 is 5.62. The molecule has 1 atom stereocenters. The van der Waals surface area contributed by atoms with Crippen LogP contribution in [0, 0.1) is 11.3 Å². The molecule has 0 radical (unpaired) electrons. The molecule has 2 aliphatic heterocycles. The molecule has 44 heavy (non-hydrogen) atoms. The zero-order valence-electron chi connectivity index (χ0n) is 24.1. The van der Waals surface area contributed by atoms with Gasteiger partial charge in [-0.2, -0.15) is 31.6 Å². The second kappa shape index (κ2) is 12.8. The van der Waals surface area contributed by atoms with Gasteiger partial charge in [0.1, 0.15) is 11.6 Å². The summed E-state index contributed by atoms with van der Waals surface area (Å²) < 4.78 is 87.3. The number of piperazine rings is 1. The van der Waals surface area contributed by atoms with Gasteiger partial charge in [0.25, 0.3) is 5.91 Å². The van der Waals surface area contributed by atoms with Crippen LogP contribution in [0.5, 0.6) is 0 Å². The quantitative estimate of drug-likeness (QED) is 0.327. The van der Waals surface area contributed by atoms with Crippen LogP contribution in [0.4, 0.5) is 32.0 Å². The van der Waals surface area contributed by atoms with E-state index < -0.39 is 53.5 Å². The van der Waals surface area contributed by atoms with E-state index in [2.05, 4.69) is 0 Å². The number of carboxylic acid groups (broad SMARTS) is 1. The van der Waals surface area contributed by atoms with Gasteiger partial charge in [-0.25, -0.2) is 0 Å². The van der Waals surface area contributed by atoms with E-state index in [4.69, 9.17) is 27.3 Å². The molecule has 3 fully saturated rings. The van der Waals surface area contributed by atoms with Crippen molar-refractivity contribution in [2.75, 3.05) is 44.2 Å². The Morgan fingerprint density at radius 1 is 1.14 bits per heavy atom. The van der Waals surface area contributed by atoms with Crippen LogP contribution in [0.15, 0.2) is 18.2 Å². The van der Waals surface area contributed by atoms with Crippen LogP contribution in [-0.4, -0.2) is 106 Å². The Labute approximate surface area is 255 Å². The molecule has 1 aliphatic carbocycles. The lowest BCUT2D eigenvalue weighted by atomic mass is 9.89. The highest BCUT2D eigenvalue weighted by molar-refractivity contribution is 7.80. The average molecular weight is 650 g/mol. The molecule has 3 aliphatic rings. The first kappa shape index (κ1) is 33.9. The molecule has 4 rings (SSSR count). The molecular formula is C28H33F6N5O4S. The summed E-state index contributed by atoms with van der Waals surface area (Å²) in [4.78, 5) is 29.8. The summed E-state index contributed by atoms with van der Waals surface area (Å²) in [5.74, 6) is -1.80. The Bertz CT molecular complexity index is 1310. The summed E-state index contributed by atoms with van der Waals surface area (Å²) in [5.41, 5.74) is -2.93. The zero-order chi connectivity index (χ0) is 32.6. The smallest absolute Gasteiger partial charge is 0.417 e. The SMILES string of the molecule is CC1(C)C(=O)N(c2ccc(C#N)c(C(F)(F)F)c2)C(=S)N1C1CCC(OCCN2CCN(CC(=O)O)[C@@H](C(F)(F)F)C2)CC1. The fourth-order valence-corrected chi connectivity index (χ4v) is 6.79. The van der Waals surface area contributed by atoms with E-state index in [1.54, 1.807) is 23.6 Å². The summed E-state index contributed by atoms with van der Waals surface area (Å²) in [5, 5.41) is 18.1. The van der Waals surface area contributed by atoms with Gasteiger partial charge in [-0.3, -0.25) is 24.3 Å². The first-order chi connectivity index (χ1) is 20.4. The molecule has 0 aromatic heterocycles. The van der Waals surface area contributed by atoms with Gasteiger partial charge in [-0.1, -0.05) is 0 Å². The number of amides is 1. The molecule has 2 heterocycles. The number of rotatable bonds is 8. The third kappa shape index (κ3) is 7.11. The minimum Gasteiger partial charge on any atom is -0.480 e. The standard InChI is InChI=1S/C28H33F6N5O4S/c1-26(2)24(42)38(19-4-3-17(14-35)21(13-19)27(29,30)31)25(44)39(26)18-5-7-20(8-6-18)43-12-11-36-9-10-37(16-23(40)41)22(15-36)28(32,33)34/h3-4,13,18,20,22H,5-12,15-16H2,1-2H3,(H,40,41)/t18?,20?,22-/m1/s1. The van der Waals surface area contributed by atoms with E-state index >= 15 is 0 Å². The maximum Gasteiger partial charge on any atom is 0.417 e. The number of nitriles is 1. The van der Waals surface area contributed by atoms with Gasteiger partial charge in [0, 0.05) is 32.2 Å². The second-order valence-corrected chi connectivity index (χ2v) is 12.1. The molecule has 1 N–H and O–H groups in total. The predicted molar refractivity (Wildman–Crippen MR) is 150 cm³/mol. The molecule has 1 saturated carbocycles. The first-order valence-electron chi connectivity index (χ1n) is 14.1. The summed E-state index contributed by atoms with van der Waals surface area (Å²) in [6.45, 7) is 2.99. The number of ether oxygens (including phenoxy) is 1. The van der Waals surface area contributed by atoms with Gasteiger partial charge in [0.05, 0.1) is 42.1 Å². The molecule has 9 nitrogen and oxygen atoms in total. The van der Waals surface area contributed by atoms with Crippen LogP contribution < -0.4 is 4.90 Å². The van der Waals surface area contributed by atoms with Crippen molar-refractivity contribution in [2.45, 2.75) is 75.6 Å². The lowest BCUT2D eigenvalue weighted by Crippen LogP contribution is -2.60. The van der Waals surface area contributed by atoms with Crippen molar-refractivity contribution in [2.24, 2.45) is 0 Å². The monoisotopic (exact) mass is 649 g/mol. The van der Waals surface area contributed by atoms with Crippen LogP contribution >= 0.6 is 12.2 Å². The highest BCUT2D eigenvalue weighted by atomic mass is 32.1. The van der Waals surface area contributed by atoms with Crippen LogP contribution in [0.25, 0.3) is 0 Å². The number of carbonyl (C=O) groups is 2. The number of aliphatic carboxylic acids is 1. The van der Waals surface area contributed by atoms with Gasteiger partial charge in [0.2, 0.25) is 0 Å². The summed E-state index contributed by atoms with van der Waals surface area (Å²) in [6.07, 6.45) is -7.22. The van der Waals surface area contributed by atoms with Crippen molar-refractivity contribution >= 4 is 34.9 Å². The van der Waals surface area contributed by atoms with Crippen molar-refractivity contribution < 1.29 is 45.8 Å². The molecular weight excluding hydrogens is 616 g/mol. The fourth-order valence-electron chi connectivity index (χ4n) is 6.23. The number of anilines is 1. The van der Waals surface area contributed by atoms with Crippen LogP contribution in [0.1, 0.15) is 50.7 Å². The largest absolute Gasteiger partial charge is 0.480 e. The maximum atomic E-state index is 13.6. The molecule has 1 aromatic carbocycles. The number of halogens is 6. The predicted octanol–water partition coefficient (Wildman–Crippen LogP) is 4.25. The Balaban J connectivity index is 1.34. The van der Waals surface area contributed by atoms with Gasteiger partial charge in [0.15, 0.2) is 5.11 Å². The van der Waals surface area contributed by atoms with E-state index in [0.717, 1.165) is 21.9 Å². The Hall–Kier alpha value is -3.00. The number of carbonyl (C=O) groups excluding carboxylic acids is 1. The maximum absolute atomic E-state index is 13.6. The Morgan fingerprint density at radius 3 is 2.36 bits per heavy atom. The Morgan fingerprint density at radius 2 is 1.80 bits per heavy atom. The average Bonchev–Trinajstić information content (AvgIpc) is 3.11. The molecule has 1 aromatic rings. The number of hydrogen-bond acceptors (Lipinski definition) is 7. The normalized spacial score (nSPS) is 25.4. The molecule has 0 spiro atoms. The van der Waals surface area contributed by atoms with Crippen LogP contribution in [-0.2, 0) is 20.5 Å². The minimum absolute atomic E-state index is 0.0250. The van der Waals surface area contributed by atoms with Gasteiger partial charge in [-0.05, 0) is 69.9 Å². The number of nitrogens with zero attached hydrogens (tertiary/aromatic N) is 5. The number of hydrogen-bond donors (Lipinski definition) is 1. The number of carboxylic acids is 1. The molecule has 1 amide bonds. The summed E-state index contributed by atoms with van der Waals surface area (Å²) in [7, 11) is 0. The lowest BCUT2D eigenvalue weighted by molar-refractivity contribution is -0.199. The molecule has 242 valence electrons. The van der Waals surface area contributed by atoms with E-state index in [1.165, 1.54) is 12.1 Å². The summed E-state index contributed by atoms with van der Waals surface area (Å²) in [6, 6.07) is 2.51. The van der Waals surface area contributed by atoms with Gasteiger partial charge >= 0.3 is 18.3 Å². The van der Waals surface area contributed by atoms with Crippen molar-refractivity contribution in [3.05, 3.63) is 29.3 Å². The second-order valence-electron chi connectivity index (χ2n) is 11.7.